The average Bonchev–Trinajstić information content (AvgIpc) is 2.29. The highest BCUT2D eigenvalue weighted by Crippen LogP contribution is 2.22. The fraction of sp³-hybridized carbons (Fsp3) is 0.400. The number of rotatable bonds is 5. The van der Waals surface area contributed by atoms with E-state index >= 15 is 0 Å². The van der Waals surface area contributed by atoms with Crippen LogP contribution in [0.4, 0.5) is 0 Å². The summed E-state index contributed by atoms with van der Waals surface area (Å²) in [4.78, 5) is 11.6. The van der Waals surface area contributed by atoms with Crippen LogP contribution in [0, 0.1) is 5.41 Å². The first-order valence-electron chi connectivity index (χ1n) is 5.91. The van der Waals surface area contributed by atoms with Crippen molar-refractivity contribution in [3.8, 4) is 0 Å². The van der Waals surface area contributed by atoms with Gasteiger partial charge < -0.3 is 4.74 Å². The van der Waals surface area contributed by atoms with Gasteiger partial charge in [-0.3, -0.25) is 0 Å². The number of esters is 1. The first kappa shape index (κ1) is 13.5. The zero-order valence-electron chi connectivity index (χ0n) is 10.8. The zero-order chi connectivity index (χ0) is 12.7. The van der Waals surface area contributed by atoms with Gasteiger partial charge in [-0.1, -0.05) is 44.2 Å². The van der Waals surface area contributed by atoms with Gasteiger partial charge in [0.1, 0.15) is 0 Å². The van der Waals surface area contributed by atoms with E-state index in [-0.39, 0.29) is 11.4 Å². The van der Waals surface area contributed by atoms with Crippen LogP contribution in [0.25, 0.3) is 0 Å². The second kappa shape index (κ2) is 6.24. The Morgan fingerprint density at radius 3 is 2.53 bits per heavy atom. The summed E-state index contributed by atoms with van der Waals surface area (Å²) in [6.45, 7) is 6.70. The molecule has 0 bridgehead atoms. The van der Waals surface area contributed by atoms with Gasteiger partial charge in [0.2, 0.25) is 0 Å². The molecule has 0 saturated heterocycles. The Bertz CT molecular complexity index is 377. The number of carbonyl (C=O) groups excluding carboxylic acids is 1. The summed E-state index contributed by atoms with van der Waals surface area (Å²) in [7, 11) is 0. The summed E-state index contributed by atoms with van der Waals surface area (Å²) >= 11 is 0. The van der Waals surface area contributed by atoms with E-state index in [1.54, 1.807) is 12.1 Å². The number of allylic oxidation sites excluding steroid dienone is 2. The van der Waals surface area contributed by atoms with Gasteiger partial charge in [-0.25, -0.2) is 4.79 Å². The molecular weight excluding hydrogens is 212 g/mol. The van der Waals surface area contributed by atoms with E-state index in [9.17, 15) is 4.79 Å². The van der Waals surface area contributed by atoms with E-state index in [4.69, 9.17) is 4.74 Å². The van der Waals surface area contributed by atoms with Gasteiger partial charge in [0.15, 0.2) is 0 Å². The van der Waals surface area contributed by atoms with Gasteiger partial charge in [-0.2, -0.15) is 0 Å². The van der Waals surface area contributed by atoms with E-state index in [2.05, 4.69) is 19.9 Å². The van der Waals surface area contributed by atoms with Crippen molar-refractivity contribution >= 4 is 5.97 Å². The van der Waals surface area contributed by atoms with E-state index in [1.807, 2.05) is 31.2 Å². The molecule has 1 aromatic rings. The lowest BCUT2D eigenvalue weighted by Gasteiger charge is -2.19. The molecule has 0 spiro atoms. The van der Waals surface area contributed by atoms with Crippen LogP contribution in [0.2, 0.25) is 0 Å². The number of carbonyl (C=O) groups is 1. The van der Waals surface area contributed by atoms with Gasteiger partial charge in [0.05, 0.1) is 12.2 Å². The van der Waals surface area contributed by atoms with Crippen molar-refractivity contribution in [3.63, 3.8) is 0 Å². The van der Waals surface area contributed by atoms with Gasteiger partial charge in [-0.05, 0) is 30.9 Å². The lowest BCUT2D eigenvalue weighted by molar-refractivity contribution is 0.0473. The Kier molecular flexibility index (Phi) is 4.95. The predicted molar refractivity (Wildman–Crippen MR) is 69.9 cm³/mol. The lowest BCUT2D eigenvalue weighted by Crippen LogP contribution is -2.14. The summed E-state index contributed by atoms with van der Waals surface area (Å²) in [5.74, 6) is -0.248. The first-order valence-corrected chi connectivity index (χ1v) is 5.91. The third-order valence-electron chi connectivity index (χ3n) is 2.61. The van der Waals surface area contributed by atoms with Gasteiger partial charge in [0, 0.05) is 0 Å². The third-order valence-corrected chi connectivity index (χ3v) is 2.61. The molecule has 0 amide bonds. The molecule has 0 radical (unpaired) electrons. The summed E-state index contributed by atoms with van der Waals surface area (Å²) in [6.07, 6.45) is 4.98. The van der Waals surface area contributed by atoms with Crippen molar-refractivity contribution in [2.45, 2.75) is 27.2 Å². The van der Waals surface area contributed by atoms with Gasteiger partial charge in [0.25, 0.3) is 0 Å². The molecule has 0 atom stereocenters. The minimum Gasteiger partial charge on any atom is -0.462 e. The third kappa shape index (κ3) is 4.85. The maximum atomic E-state index is 11.6. The van der Waals surface area contributed by atoms with Crippen LogP contribution in [-0.2, 0) is 4.74 Å². The molecule has 0 aliphatic heterocycles. The number of hydrogen-bond donors (Lipinski definition) is 0. The topological polar surface area (TPSA) is 26.3 Å². The Hall–Kier alpha value is -1.57. The van der Waals surface area contributed by atoms with Crippen molar-refractivity contribution in [1.82, 2.24) is 0 Å². The molecule has 0 aliphatic carbocycles. The summed E-state index contributed by atoms with van der Waals surface area (Å²) in [5.41, 5.74) is 0.683. The lowest BCUT2D eigenvalue weighted by atomic mass is 9.89. The number of hydrogen-bond acceptors (Lipinski definition) is 2. The highest BCUT2D eigenvalue weighted by molar-refractivity contribution is 5.89. The standard InChI is InChI=1S/C15H20O2/c1-4-10-15(2,3)11-12-17-14(16)13-8-6-5-7-9-13/h4-10H,11-12H2,1-3H3/b10-4+. The molecule has 1 rings (SSSR count). The van der Waals surface area contributed by atoms with E-state index in [0.717, 1.165) is 6.42 Å². The van der Waals surface area contributed by atoms with Crippen molar-refractivity contribution < 1.29 is 9.53 Å². The van der Waals surface area contributed by atoms with Crippen LogP contribution in [0.5, 0.6) is 0 Å². The highest BCUT2D eigenvalue weighted by Gasteiger charge is 2.14. The summed E-state index contributed by atoms with van der Waals surface area (Å²) in [5, 5.41) is 0. The van der Waals surface area contributed by atoms with Crippen molar-refractivity contribution in [2.24, 2.45) is 5.41 Å². The fourth-order valence-corrected chi connectivity index (χ4v) is 1.60. The molecular formula is C15H20O2. The van der Waals surface area contributed by atoms with E-state index < -0.39 is 0 Å². The number of ether oxygens (including phenoxy) is 1. The first-order chi connectivity index (χ1) is 8.05. The monoisotopic (exact) mass is 232 g/mol. The van der Waals surface area contributed by atoms with Gasteiger partial charge >= 0.3 is 5.97 Å². The normalized spacial score (nSPS) is 11.7. The predicted octanol–water partition coefficient (Wildman–Crippen LogP) is 3.84. The summed E-state index contributed by atoms with van der Waals surface area (Å²) in [6, 6.07) is 9.07. The Morgan fingerprint density at radius 2 is 1.94 bits per heavy atom. The molecule has 0 N–H and O–H groups in total. The van der Waals surface area contributed by atoms with E-state index in [1.165, 1.54) is 0 Å². The van der Waals surface area contributed by atoms with Crippen LogP contribution in [0.15, 0.2) is 42.5 Å². The summed E-state index contributed by atoms with van der Waals surface area (Å²) < 4.78 is 5.24. The molecule has 1 aromatic carbocycles. The Morgan fingerprint density at radius 1 is 1.29 bits per heavy atom. The van der Waals surface area contributed by atoms with Crippen molar-refractivity contribution in [2.75, 3.05) is 6.61 Å². The van der Waals surface area contributed by atoms with Gasteiger partial charge in [-0.15, -0.1) is 0 Å². The molecule has 0 aromatic heterocycles. The Balaban J connectivity index is 2.40. The highest BCUT2D eigenvalue weighted by atomic mass is 16.5. The second-order valence-corrected chi connectivity index (χ2v) is 4.74. The maximum Gasteiger partial charge on any atom is 0.338 e. The molecule has 17 heavy (non-hydrogen) atoms. The van der Waals surface area contributed by atoms with E-state index in [0.29, 0.717) is 12.2 Å². The second-order valence-electron chi connectivity index (χ2n) is 4.74. The van der Waals surface area contributed by atoms with Crippen LogP contribution in [0.1, 0.15) is 37.6 Å². The van der Waals surface area contributed by atoms with Crippen LogP contribution < -0.4 is 0 Å². The fourth-order valence-electron chi connectivity index (χ4n) is 1.60. The minimum atomic E-state index is -0.248. The molecule has 0 aliphatic rings. The molecule has 2 heteroatoms. The van der Waals surface area contributed by atoms with Crippen molar-refractivity contribution in [3.05, 3.63) is 48.0 Å². The quantitative estimate of drug-likeness (QED) is 0.569. The molecule has 0 fully saturated rings. The molecule has 92 valence electrons. The van der Waals surface area contributed by atoms with Crippen LogP contribution in [-0.4, -0.2) is 12.6 Å². The maximum absolute atomic E-state index is 11.6. The molecule has 2 nitrogen and oxygen atoms in total. The zero-order valence-corrected chi connectivity index (χ0v) is 10.8. The SMILES string of the molecule is C/C=C/C(C)(C)CCOC(=O)c1ccccc1. The average molecular weight is 232 g/mol. The molecule has 0 heterocycles. The smallest absolute Gasteiger partial charge is 0.338 e. The number of benzene rings is 1. The largest absolute Gasteiger partial charge is 0.462 e. The molecule has 0 unspecified atom stereocenters. The van der Waals surface area contributed by atoms with Crippen LogP contribution in [0.3, 0.4) is 0 Å². The Labute approximate surface area is 103 Å². The van der Waals surface area contributed by atoms with Crippen molar-refractivity contribution in [1.29, 1.82) is 0 Å². The minimum absolute atomic E-state index is 0.0751. The van der Waals surface area contributed by atoms with Crippen LogP contribution >= 0.6 is 0 Å². The molecule has 0 saturated carbocycles.